The van der Waals surface area contributed by atoms with Gasteiger partial charge in [0.15, 0.2) is 11.6 Å². The highest BCUT2D eigenvalue weighted by Gasteiger charge is 2.32. The van der Waals surface area contributed by atoms with Crippen molar-refractivity contribution in [3.05, 3.63) is 92.8 Å². The first kappa shape index (κ1) is 19.9. The molecule has 1 aromatic heterocycles. The van der Waals surface area contributed by atoms with Crippen LogP contribution in [0.4, 0.5) is 11.4 Å². The molecule has 3 aromatic carbocycles. The molecule has 1 N–H and O–H groups in total. The molecule has 1 heterocycles. The summed E-state index contributed by atoms with van der Waals surface area (Å²) < 4.78 is 1.46. The van der Waals surface area contributed by atoms with E-state index < -0.39 is 0 Å². The number of pyridine rings is 1. The average Bonchev–Trinajstić information content (AvgIpc) is 2.76. The lowest BCUT2D eigenvalue weighted by Crippen LogP contribution is -2.27. The van der Waals surface area contributed by atoms with Crippen molar-refractivity contribution in [2.24, 2.45) is 7.05 Å². The van der Waals surface area contributed by atoms with E-state index in [0.717, 1.165) is 16.8 Å². The smallest absolute Gasteiger partial charge is 0.262 e. The molecule has 0 radical (unpaired) electrons. The zero-order valence-electron chi connectivity index (χ0n) is 18.4. The zero-order valence-corrected chi connectivity index (χ0v) is 18.4. The highest BCUT2D eigenvalue weighted by molar-refractivity contribution is 6.30. The van der Waals surface area contributed by atoms with Crippen molar-refractivity contribution in [1.29, 1.82) is 0 Å². The fraction of sp³-hybridized carbons (Fsp3) is 0.148. The summed E-state index contributed by atoms with van der Waals surface area (Å²) >= 11 is 0. The Kier molecular flexibility index (Phi) is 4.38. The molecule has 5 heteroatoms. The molecule has 32 heavy (non-hydrogen) atoms. The van der Waals surface area contributed by atoms with Crippen molar-refractivity contribution < 1.29 is 9.59 Å². The van der Waals surface area contributed by atoms with Crippen molar-refractivity contribution in [3.8, 4) is 11.1 Å². The number of rotatable bonds is 3. The number of hydrogen-bond acceptors (Lipinski definition) is 4. The molecule has 5 rings (SSSR count). The fourth-order valence-corrected chi connectivity index (χ4v) is 4.70. The van der Waals surface area contributed by atoms with Gasteiger partial charge in [0.1, 0.15) is 0 Å². The molecule has 0 aliphatic heterocycles. The minimum absolute atomic E-state index is 0.116. The summed E-state index contributed by atoms with van der Waals surface area (Å²) in [6.45, 7) is 5.45. The van der Waals surface area contributed by atoms with Crippen LogP contribution in [0, 0.1) is 13.8 Å². The lowest BCUT2D eigenvalue weighted by Gasteiger charge is -2.25. The Balaban J connectivity index is 1.92. The van der Waals surface area contributed by atoms with Gasteiger partial charge in [0.05, 0.1) is 22.3 Å². The Labute approximate surface area is 185 Å². The molecule has 0 spiro atoms. The van der Waals surface area contributed by atoms with Crippen molar-refractivity contribution in [2.45, 2.75) is 20.8 Å². The minimum Gasteiger partial charge on any atom is -0.355 e. The van der Waals surface area contributed by atoms with Crippen molar-refractivity contribution >= 4 is 33.8 Å². The normalized spacial score (nSPS) is 12.1. The van der Waals surface area contributed by atoms with E-state index in [-0.39, 0.29) is 22.7 Å². The number of nitrogens with one attached hydrogen (secondary N) is 1. The molecule has 1 aliphatic rings. The highest BCUT2D eigenvalue weighted by Crippen LogP contribution is 2.43. The predicted octanol–water partition coefficient (Wildman–Crippen LogP) is 5.31. The Bertz CT molecular complexity index is 1540. The van der Waals surface area contributed by atoms with Gasteiger partial charge in [-0.3, -0.25) is 14.4 Å². The van der Waals surface area contributed by atoms with Gasteiger partial charge in [0.25, 0.3) is 5.56 Å². The number of ketones is 2. The molecule has 4 aromatic rings. The number of carbonyl (C=O) groups excluding carboxylic acids is 2. The first-order valence-corrected chi connectivity index (χ1v) is 10.5. The third kappa shape index (κ3) is 2.74. The number of benzene rings is 3. The second kappa shape index (κ2) is 7.02. The van der Waals surface area contributed by atoms with E-state index in [1.54, 1.807) is 25.2 Å². The van der Waals surface area contributed by atoms with Gasteiger partial charge in [-0.25, -0.2) is 0 Å². The summed E-state index contributed by atoms with van der Waals surface area (Å²) in [6.07, 6.45) is 0. The van der Waals surface area contributed by atoms with Crippen LogP contribution in [0.3, 0.4) is 0 Å². The van der Waals surface area contributed by atoms with Gasteiger partial charge in [-0.2, -0.15) is 0 Å². The molecular formula is C27H22N2O3. The molecule has 158 valence electrons. The predicted molar refractivity (Wildman–Crippen MR) is 127 cm³/mol. The summed E-state index contributed by atoms with van der Waals surface area (Å²) in [7, 11) is 1.64. The van der Waals surface area contributed by atoms with E-state index in [1.165, 1.54) is 11.5 Å². The van der Waals surface area contributed by atoms with Crippen LogP contribution in [-0.4, -0.2) is 16.1 Å². The fourth-order valence-electron chi connectivity index (χ4n) is 4.70. The van der Waals surface area contributed by atoms with E-state index in [0.29, 0.717) is 38.8 Å². The van der Waals surface area contributed by atoms with E-state index >= 15 is 0 Å². The quantitative estimate of drug-likeness (QED) is 0.400. The molecule has 0 saturated carbocycles. The summed E-state index contributed by atoms with van der Waals surface area (Å²) in [5.41, 5.74) is 6.30. The standard InChI is InChI=1S/C27H22N2O3/c1-14-9-10-19(15(2)13-14)28-20-11-12-21-25-23(22(16(3)30)27(32)29(21)4)17-7-5-6-8-18(17)26(31)24(20)25/h5-13,28H,1-4H3. The van der Waals surface area contributed by atoms with Crippen LogP contribution in [0.2, 0.25) is 0 Å². The van der Waals surface area contributed by atoms with Gasteiger partial charge < -0.3 is 9.88 Å². The maximum atomic E-state index is 13.7. The van der Waals surface area contributed by atoms with Crippen molar-refractivity contribution in [2.75, 3.05) is 5.32 Å². The number of aromatic nitrogens is 1. The van der Waals surface area contributed by atoms with Gasteiger partial charge >= 0.3 is 0 Å². The number of carbonyl (C=O) groups is 2. The van der Waals surface area contributed by atoms with Crippen LogP contribution in [0.15, 0.2) is 59.4 Å². The number of nitrogens with zero attached hydrogens (tertiary/aromatic N) is 1. The summed E-state index contributed by atoms with van der Waals surface area (Å²) in [6, 6.07) is 16.9. The lowest BCUT2D eigenvalue weighted by molar-refractivity contribution is 0.101. The molecule has 0 fully saturated rings. The second-order valence-electron chi connectivity index (χ2n) is 8.37. The number of anilines is 2. The van der Waals surface area contributed by atoms with E-state index in [1.807, 2.05) is 44.2 Å². The second-order valence-corrected chi connectivity index (χ2v) is 8.37. The molecule has 0 amide bonds. The van der Waals surface area contributed by atoms with Crippen molar-refractivity contribution in [1.82, 2.24) is 4.57 Å². The lowest BCUT2D eigenvalue weighted by atomic mass is 9.80. The van der Waals surface area contributed by atoms with Gasteiger partial charge in [-0.15, -0.1) is 0 Å². The van der Waals surface area contributed by atoms with Crippen LogP contribution >= 0.6 is 0 Å². The molecule has 0 unspecified atom stereocenters. The highest BCUT2D eigenvalue weighted by atomic mass is 16.1. The first-order chi connectivity index (χ1) is 15.3. The van der Waals surface area contributed by atoms with E-state index in [9.17, 15) is 14.4 Å². The summed E-state index contributed by atoms with van der Waals surface area (Å²) in [5.74, 6) is -0.440. The Morgan fingerprint density at radius 1 is 0.875 bits per heavy atom. The largest absolute Gasteiger partial charge is 0.355 e. The molecule has 0 atom stereocenters. The average molecular weight is 422 g/mol. The number of fused-ring (bicyclic) bond motifs is 2. The number of hydrogen-bond donors (Lipinski definition) is 1. The minimum atomic E-state index is -0.356. The molecule has 0 saturated heterocycles. The van der Waals surface area contributed by atoms with Crippen LogP contribution in [-0.2, 0) is 7.05 Å². The van der Waals surface area contributed by atoms with Crippen LogP contribution in [0.1, 0.15) is 44.3 Å². The molecule has 1 aliphatic carbocycles. The van der Waals surface area contributed by atoms with Crippen LogP contribution in [0.25, 0.3) is 22.0 Å². The van der Waals surface area contributed by atoms with Crippen LogP contribution in [0.5, 0.6) is 0 Å². The SMILES string of the molecule is CC(=O)c1c2c3c(c(Nc4ccc(C)cc4C)ccc3n(C)c1=O)C(=O)c1ccccc1-2. The third-order valence-corrected chi connectivity index (χ3v) is 6.23. The summed E-state index contributed by atoms with van der Waals surface area (Å²) in [4.78, 5) is 39.4. The third-order valence-electron chi connectivity index (χ3n) is 6.23. The zero-order chi connectivity index (χ0) is 22.7. The van der Waals surface area contributed by atoms with Gasteiger partial charge in [-0.05, 0) is 50.1 Å². The van der Waals surface area contributed by atoms with Gasteiger partial charge in [-0.1, -0.05) is 42.0 Å². The Morgan fingerprint density at radius 3 is 2.25 bits per heavy atom. The maximum Gasteiger partial charge on any atom is 0.262 e. The topological polar surface area (TPSA) is 68.2 Å². The molecule has 5 nitrogen and oxygen atoms in total. The van der Waals surface area contributed by atoms with Gasteiger partial charge in [0.2, 0.25) is 0 Å². The first-order valence-electron chi connectivity index (χ1n) is 10.5. The maximum absolute atomic E-state index is 13.7. The summed E-state index contributed by atoms with van der Waals surface area (Å²) in [5, 5.41) is 4.06. The van der Waals surface area contributed by atoms with Crippen LogP contribution < -0.4 is 10.9 Å². The van der Waals surface area contributed by atoms with Crippen molar-refractivity contribution in [3.63, 3.8) is 0 Å². The molecular weight excluding hydrogens is 400 g/mol. The monoisotopic (exact) mass is 422 g/mol. The number of Topliss-reactive ketones (excluding diaryl/α,β-unsaturated/α-hetero) is 1. The van der Waals surface area contributed by atoms with Gasteiger partial charge in [0, 0.05) is 29.2 Å². The van der Waals surface area contributed by atoms with E-state index in [4.69, 9.17) is 0 Å². The molecule has 0 bridgehead atoms. The number of aryl methyl sites for hydroxylation is 3. The Hall–Kier alpha value is -3.99. The van der Waals surface area contributed by atoms with E-state index in [2.05, 4.69) is 11.4 Å². The Morgan fingerprint density at radius 2 is 1.56 bits per heavy atom.